The molecule has 2 aromatic rings. The monoisotopic (exact) mass is 271 g/mol. The zero-order valence-electron chi connectivity index (χ0n) is 10.9. The van der Waals surface area contributed by atoms with Gasteiger partial charge in [-0.1, -0.05) is 29.8 Å². The van der Waals surface area contributed by atoms with Crippen molar-refractivity contribution in [2.24, 2.45) is 5.18 Å². The van der Waals surface area contributed by atoms with Gasteiger partial charge in [0, 0.05) is 0 Å². The molecule has 0 fully saturated rings. The van der Waals surface area contributed by atoms with Crippen LogP contribution in [0.25, 0.3) is 0 Å². The lowest BCUT2D eigenvalue weighted by molar-refractivity contribution is 0.0697. The Balaban J connectivity index is 2.13. The number of hydrogen-bond donors (Lipinski definition) is 1. The Morgan fingerprint density at radius 2 is 1.90 bits per heavy atom. The van der Waals surface area contributed by atoms with E-state index in [1.807, 2.05) is 31.2 Å². The molecule has 2 aromatic carbocycles. The normalized spacial score (nSPS) is 10.1. The third-order valence-electron chi connectivity index (χ3n) is 2.82. The number of nitrogens with zero attached hydrogens (tertiary/aromatic N) is 1. The molecule has 5 nitrogen and oxygen atoms in total. The summed E-state index contributed by atoms with van der Waals surface area (Å²) in [7, 11) is 0. The van der Waals surface area contributed by atoms with E-state index in [9.17, 15) is 9.70 Å². The summed E-state index contributed by atoms with van der Waals surface area (Å²) < 4.78 is 5.52. The van der Waals surface area contributed by atoms with Crippen LogP contribution in [0, 0.1) is 11.8 Å². The van der Waals surface area contributed by atoms with Gasteiger partial charge in [-0.05, 0) is 35.9 Å². The number of carboxylic acids is 1. The molecule has 102 valence electrons. The first-order valence-corrected chi connectivity index (χ1v) is 5.99. The fourth-order valence-electron chi connectivity index (χ4n) is 1.71. The molecule has 0 saturated carbocycles. The quantitative estimate of drug-likeness (QED) is 0.842. The van der Waals surface area contributed by atoms with Gasteiger partial charge in [0.15, 0.2) is 0 Å². The molecule has 1 N–H and O–H groups in total. The van der Waals surface area contributed by atoms with Gasteiger partial charge in [0.05, 0.1) is 5.56 Å². The van der Waals surface area contributed by atoms with Crippen LogP contribution in [-0.2, 0) is 6.61 Å². The fraction of sp³-hybridized carbons (Fsp3) is 0.133. The first kappa shape index (κ1) is 13.7. The second kappa shape index (κ2) is 5.97. The summed E-state index contributed by atoms with van der Waals surface area (Å²) >= 11 is 0. The van der Waals surface area contributed by atoms with Crippen molar-refractivity contribution in [3.8, 4) is 5.75 Å². The van der Waals surface area contributed by atoms with Crippen molar-refractivity contribution in [1.82, 2.24) is 0 Å². The molecule has 5 heteroatoms. The molecular formula is C15H13NO4. The van der Waals surface area contributed by atoms with Crippen LogP contribution in [0.2, 0.25) is 0 Å². The first-order chi connectivity index (χ1) is 9.60. The maximum absolute atomic E-state index is 11.0. The molecule has 0 bridgehead atoms. The third kappa shape index (κ3) is 3.20. The zero-order chi connectivity index (χ0) is 14.5. The van der Waals surface area contributed by atoms with Crippen LogP contribution in [0.3, 0.4) is 0 Å². The van der Waals surface area contributed by atoms with Gasteiger partial charge in [0.1, 0.15) is 18.0 Å². The van der Waals surface area contributed by atoms with E-state index < -0.39 is 5.97 Å². The SMILES string of the molecule is Cc1ccc(COc2ccc(N=O)c(C(=O)O)c2)cc1. The van der Waals surface area contributed by atoms with Crippen molar-refractivity contribution in [2.45, 2.75) is 13.5 Å². The summed E-state index contributed by atoms with van der Waals surface area (Å²) in [4.78, 5) is 21.5. The number of aryl methyl sites for hydroxylation is 1. The lowest BCUT2D eigenvalue weighted by Crippen LogP contribution is -2.00. The van der Waals surface area contributed by atoms with E-state index in [1.54, 1.807) is 0 Å². The number of hydrogen-bond acceptors (Lipinski definition) is 4. The summed E-state index contributed by atoms with van der Waals surface area (Å²) in [6.07, 6.45) is 0. The van der Waals surface area contributed by atoms with Gasteiger partial charge in [-0.2, -0.15) is 0 Å². The summed E-state index contributed by atoms with van der Waals surface area (Å²) in [5, 5.41) is 11.7. The molecule has 0 aliphatic rings. The summed E-state index contributed by atoms with van der Waals surface area (Å²) in [6.45, 7) is 2.32. The van der Waals surface area contributed by atoms with E-state index in [0.29, 0.717) is 12.4 Å². The second-order valence-electron chi connectivity index (χ2n) is 4.35. The standard InChI is InChI=1S/C15H13NO4/c1-10-2-4-11(5-3-10)9-20-12-6-7-14(16-19)13(8-12)15(17)18/h2-8H,9H2,1H3,(H,17,18). The second-order valence-corrected chi connectivity index (χ2v) is 4.35. The minimum absolute atomic E-state index is 0.111. The van der Waals surface area contributed by atoms with Crippen molar-refractivity contribution < 1.29 is 14.6 Å². The van der Waals surface area contributed by atoms with Crippen LogP contribution in [-0.4, -0.2) is 11.1 Å². The highest BCUT2D eigenvalue weighted by Crippen LogP contribution is 2.25. The molecule has 0 unspecified atom stereocenters. The van der Waals surface area contributed by atoms with Crippen molar-refractivity contribution >= 4 is 11.7 Å². The smallest absolute Gasteiger partial charge is 0.338 e. The number of nitroso groups, excluding NO2 is 1. The Hall–Kier alpha value is -2.69. The van der Waals surface area contributed by atoms with Crippen molar-refractivity contribution in [3.05, 3.63) is 64.1 Å². The Morgan fingerprint density at radius 1 is 1.20 bits per heavy atom. The molecule has 20 heavy (non-hydrogen) atoms. The van der Waals surface area contributed by atoms with Gasteiger partial charge < -0.3 is 9.84 Å². The molecule has 0 amide bonds. The topological polar surface area (TPSA) is 76.0 Å². The Morgan fingerprint density at radius 3 is 2.50 bits per heavy atom. The number of aromatic carboxylic acids is 1. The molecule has 0 aliphatic heterocycles. The number of rotatable bonds is 5. The molecule has 2 rings (SSSR count). The minimum Gasteiger partial charge on any atom is -0.489 e. The highest BCUT2D eigenvalue weighted by Gasteiger charge is 2.12. The predicted molar refractivity (Wildman–Crippen MR) is 74.4 cm³/mol. The molecule has 0 radical (unpaired) electrons. The van der Waals surface area contributed by atoms with Crippen molar-refractivity contribution in [2.75, 3.05) is 0 Å². The van der Waals surface area contributed by atoms with E-state index in [1.165, 1.54) is 18.2 Å². The van der Waals surface area contributed by atoms with Gasteiger partial charge >= 0.3 is 5.97 Å². The van der Waals surface area contributed by atoms with Crippen molar-refractivity contribution in [3.63, 3.8) is 0 Å². The van der Waals surface area contributed by atoms with Crippen LogP contribution in [0.5, 0.6) is 5.75 Å². The predicted octanol–water partition coefficient (Wildman–Crippen LogP) is 3.67. The van der Waals surface area contributed by atoms with E-state index >= 15 is 0 Å². The maximum atomic E-state index is 11.0. The lowest BCUT2D eigenvalue weighted by atomic mass is 10.1. The van der Waals surface area contributed by atoms with Gasteiger partial charge in [-0.15, -0.1) is 4.91 Å². The van der Waals surface area contributed by atoms with E-state index in [-0.39, 0.29) is 11.3 Å². The number of carbonyl (C=O) groups is 1. The summed E-state index contributed by atoms with van der Waals surface area (Å²) in [6, 6.07) is 12.0. The number of ether oxygens (including phenoxy) is 1. The fourth-order valence-corrected chi connectivity index (χ4v) is 1.71. The van der Waals surface area contributed by atoms with E-state index in [2.05, 4.69) is 5.18 Å². The van der Waals surface area contributed by atoms with Crippen LogP contribution in [0.1, 0.15) is 21.5 Å². The summed E-state index contributed by atoms with van der Waals surface area (Å²) in [5.74, 6) is -0.823. The van der Waals surface area contributed by atoms with Gasteiger partial charge in [0.2, 0.25) is 0 Å². The van der Waals surface area contributed by atoms with Crippen LogP contribution in [0.15, 0.2) is 47.6 Å². The third-order valence-corrected chi connectivity index (χ3v) is 2.82. The molecular weight excluding hydrogens is 258 g/mol. The molecule has 0 spiro atoms. The first-order valence-electron chi connectivity index (χ1n) is 5.99. The summed E-state index contributed by atoms with van der Waals surface area (Å²) in [5.41, 5.74) is 1.86. The maximum Gasteiger partial charge on any atom is 0.338 e. The average Bonchev–Trinajstić information content (AvgIpc) is 2.46. The Labute approximate surface area is 115 Å². The van der Waals surface area contributed by atoms with Gasteiger partial charge in [-0.25, -0.2) is 4.79 Å². The molecule has 0 saturated heterocycles. The highest BCUT2D eigenvalue weighted by atomic mass is 16.5. The number of benzene rings is 2. The number of carboxylic acid groups (broad SMARTS) is 1. The Bertz CT molecular complexity index is 635. The Kier molecular flexibility index (Phi) is 4.10. The molecule has 0 heterocycles. The van der Waals surface area contributed by atoms with E-state index in [0.717, 1.165) is 11.1 Å². The zero-order valence-corrected chi connectivity index (χ0v) is 10.9. The minimum atomic E-state index is -1.21. The molecule has 0 atom stereocenters. The van der Waals surface area contributed by atoms with E-state index in [4.69, 9.17) is 9.84 Å². The van der Waals surface area contributed by atoms with Crippen molar-refractivity contribution in [1.29, 1.82) is 0 Å². The molecule has 0 aromatic heterocycles. The largest absolute Gasteiger partial charge is 0.489 e. The highest BCUT2D eigenvalue weighted by molar-refractivity contribution is 5.93. The van der Waals surface area contributed by atoms with Crippen LogP contribution in [0.4, 0.5) is 5.69 Å². The average molecular weight is 271 g/mol. The van der Waals surface area contributed by atoms with Gasteiger partial charge in [-0.3, -0.25) is 0 Å². The van der Waals surface area contributed by atoms with Crippen LogP contribution < -0.4 is 4.74 Å². The van der Waals surface area contributed by atoms with Crippen LogP contribution >= 0.6 is 0 Å². The lowest BCUT2D eigenvalue weighted by Gasteiger charge is -2.08. The van der Waals surface area contributed by atoms with Gasteiger partial charge in [0.25, 0.3) is 0 Å². The molecule has 0 aliphatic carbocycles.